The fourth-order valence-electron chi connectivity index (χ4n) is 3.03. The molecular weight excluding hydrogens is 466 g/mol. The van der Waals surface area contributed by atoms with E-state index in [-0.39, 0.29) is 11.4 Å². The van der Waals surface area contributed by atoms with Gasteiger partial charge in [-0.1, -0.05) is 11.8 Å². The van der Waals surface area contributed by atoms with Crippen molar-refractivity contribution in [1.82, 2.24) is 14.5 Å². The second-order valence-electron chi connectivity index (χ2n) is 6.62. The Morgan fingerprint density at radius 1 is 1.00 bits per heavy atom. The highest BCUT2D eigenvalue weighted by Gasteiger charge is 2.53. The summed E-state index contributed by atoms with van der Waals surface area (Å²) in [5.74, 6) is -2.77. The molecule has 0 aliphatic carbocycles. The van der Waals surface area contributed by atoms with E-state index < -0.39 is 54.5 Å². The quantitative estimate of drug-likeness (QED) is 0.232. The molecule has 0 amide bonds. The maximum atomic E-state index is 11.9. The highest BCUT2D eigenvalue weighted by atomic mass is 32.2. The van der Waals surface area contributed by atoms with E-state index in [1.807, 2.05) is 0 Å². The Balaban J connectivity index is 2.59. The Kier molecular flexibility index (Phi) is 9.09. The van der Waals surface area contributed by atoms with E-state index in [0.717, 1.165) is 20.8 Å². The molecule has 32 heavy (non-hydrogen) atoms. The molecule has 1 fully saturated rings. The lowest BCUT2D eigenvalue weighted by Gasteiger charge is -2.44. The number of hydrogen-bond donors (Lipinski definition) is 0. The van der Waals surface area contributed by atoms with Gasteiger partial charge < -0.3 is 23.7 Å². The fourth-order valence-corrected chi connectivity index (χ4v) is 3.66. The first-order valence-corrected chi connectivity index (χ1v) is 11.0. The van der Waals surface area contributed by atoms with Crippen LogP contribution in [0.4, 0.5) is 0 Å². The molecule has 0 N–H and O–H groups in total. The average Bonchev–Trinajstić information content (AvgIpc) is 2.68. The number of carbonyl (C=O) groups is 4. The van der Waals surface area contributed by atoms with Gasteiger partial charge in [-0.25, -0.2) is 4.98 Å². The summed E-state index contributed by atoms with van der Waals surface area (Å²) in [6.45, 7) is 4.29. The van der Waals surface area contributed by atoms with Crippen molar-refractivity contribution < 1.29 is 42.9 Å². The molecule has 2 rings (SSSR count). The molecule has 0 aromatic carbocycles. The predicted molar refractivity (Wildman–Crippen MR) is 110 cm³/mol. The molecule has 1 aliphatic rings. The van der Waals surface area contributed by atoms with Crippen LogP contribution in [0.5, 0.6) is 0 Å². The minimum absolute atomic E-state index is 0.0465. The number of aromatic nitrogens is 3. The average molecular weight is 490 g/mol. The van der Waals surface area contributed by atoms with Crippen LogP contribution in [0.25, 0.3) is 0 Å². The smallest absolute Gasteiger partial charge is 0.303 e. The van der Waals surface area contributed by atoms with E-state index in [9.17, 15) is 19.2 Å². The summed E-state index contributed by atoms with van der Waals surface area (Å²) in [4.78, 5) is 55.2. The van der Waals surface area contributed by atoms with Crippen molar-refractivity contribution >= 4 is 47.9 Å². The zero-order valence-corrected chi connectivity index (χ0v) is 19.6. The maximum absolute atomic E-state index is 11.9. The van der Waals surface area contributed by atoms with Crippen molar-refractivity contribution in [2.45, 2.75) is 63.5 Å². The van der Waals surface area contributed by atoms with Crippen molar-refractivity contribution in [2.24, 2.45) is 0 Å². The van der Waals surface area contributed by atoms with Crippen LogP contribution in [0, 0.1) is 4.77 Å². The van der Waals surface area contributed by atoms with Crippen molar-refractivity contribution in [2.75, 3.05) is 12.9 Å². The van der Waals surface area contributed by atoms with Crippen molar-refractivity contribution in [3.63, 3.8) is 0 Å². The summed E-state index contributed by atoms with van der Waals surface area (Å²) in [6.07, 6.45) is -3.01. The SMILES string of the molecule is CSc1ncn([C@@H]2O[C@H](COC(C)=O)[C@@H](OC(C)=O)[C@H](OC(C)=O)[C@H]2OC(C)=O)c(=S)n1. The topological polar surface area (TPSA) is 145 Å². The zero-order valence-electron chi connectivity index (χ0n) is 18.0. The first-order valence-electron chi connectivity index (χ1n) is 9.33. The fraction of sp³-hybridized carbons (Fsp3) is 0.611. The Bertz CT molecular complexity index is 939. The first kappa shape index (κ1) is 25.7. The van der Waals surface area contributed by atoms with Gasteiger partial charge in [0.05, 0.1) is 0 Å². The van der Waals surface area contributed by atoms with Crippen LogP contribution < -0.4 is 0 Å². The number of esters is 4. The third-order valence-corrected chi connectivity index (χ3v) is 4.99. The number of carbonyl (C=O) groups excluding carboxylic acids is 4. The zero-order chi connectivity index (χ0) is 24.0. The minimum Gasteiger partial charge on any atom is -0.463 e. The summed E-state index contributed by atoms with van der Waals surface area (Å²) in [6, 6.07) is 0. The number of hydrogen-bond acceptors (Lipinski definition) is 13. The molecule has 176 valence electrons. The largest absolute Gasteiger partial charge is 0.463 e. The molecular formula is C18H23N3O9S2. The highest BCUT2D eigenvalue weighted by molar-refractivity contribution is 7.98. The third kappa shape index (κ3) is 6.71. The van der Waals surface area contributed by atoms with Crippen molar-refractivity contribution in [1.29, 1.82) is 0 Å². The van der Waals surface area contributed by atoms with Gasteiger partial charge in [-0.15, -0.1) is 0 Å². The van der Waals surface area contributed by atoms with Crippen LogP contribution >= 0.6 is 24.0 Å². The van der Waals surface area contributed by atoms with Gasteiger partial charge in [0.2, 0.25) is 4.77 Å². The van der Waals surface area contributed by atoms with Gasteiger partial charge in [-0.05, 0) is 18.5 Å². The van der Waals surface area contributed by atoms with Crippen LogP contribution in [0.2, 0.25) is 0 Å². The molecule has 12 nitrogen and oxygen atoms in total. The highest BCUT2D eigenvalue weighted by Crippen LogP contribution is 2.34. The molecule has 0 spiro atoms. The van der Waals surface area contributed by atoms with Gasteiger partial charge in [0.25, 0.3) is 0 Å². The number of nitrogens with zero attached hydrogens (tertiary/aromatic N) is 3. The second kappa shape index (κ2) is 11.3. The van der Waals surface area contributed by atoms with Crippen LogP contribution in [-0.4, -0.2) is 75.7 Å². The summed E-state index contributed by atoms with van der Waals surface area (Å²) in [5, 5.41) is 0.400. The standard InChI is InChI=1S/C18H23N3O9S2/c1-8(22)26-6-12-13(27-9(2)23)14(28-10(3)24)15(29-11(4)25)16(30-12)21-7-19-17(32-5)20-18(21)31/h7,12-16H,6H2,1-5H3/t12-,13-,14+,15-,16-/m1/s1. The Morgan fingerprint density at radius 3 is 2.06 bits per heavy atom. The van der Waals surface area contributed by atoms with Gasteiger partial charge in [0, 0.05) is 27.7 Å². The number of rotatable bonds is 7. The molecule has 5 atom stereocenters. The van der Waals surface area contributed by atoms with Gasteiger partial charge in [0.1, 0.15) is 19.0 Å². The molecule has 0 saturated carbocycles. The van der Waals surface area contributed by atoms with E-state index in [0.29, 0.717) is 5.16 Å². The van der Waals surface area contributed by atoms with E-state index in [1.54, 1.807) is 6.26 Å². The minimum atomic E-state index is -1.30. The molecule has 1 aromatic heterocycles. The number of ether oxygens (including phenoxy) is 5. The second-order valence-corrected chi connectivity index (χ2v) is 7.76. The van der Waals surface area contributed by atoms with Crippen LogP contribution in [0.1, 0.15) is 33.9 Å². The molecule has 1 saturated heterocycles. The van der Waals surface area contributed by atoms with E-state index in [2.05, 4.69) is 9.97 Å². The van der Waals surface area contributed by atoms with Gasteiger partial charge in [-0.2, -0.15) is 4.98 Å². The molecule has 1 aliphatic heterocycles. The molecule has 0 bridgehead atoms. The Labute approximate surface area is 192 Å². The predicted octanol–water partition coefficient (Wildman–Crippen LogP) is 0.985. The van der Waals surface area contributed by atoms with Crippen LogP contribution in [0.15, 0.2) is 11.5 Å². The molecule has 14 heteroatoms. The van der Waals surface area contributed by atoms with Crippen LogP contribution in [-0.2, 0) is 42.9 Å². The first-order chi connectivity index (χ1) is 15.0. The Morgan fingerprint density at radius 2 is 1.56 bits per heavy atom. The van der Waals surface area contributed by atoms with Crippen molar-refractivity contribution in [3.05, 3.63) is 11.1 Å². The lowest BCUT2D eigenvalue weighted by molar-refractivity contribution is -0.269. The molecule has 0 radical (unpaired) electrons. The van der Waals surface area contributed by atoms with E-state index in [1.165, 1.54) is 29.6 Å². The van der Waals surface area contributed by atoms with Crippen LogP contribution in [0.3, 0.4) is 0 Å². The molecule has 1 aromatic rings. The number of thioether (sulfide) groups is 1. The summed E-state index contributed by atoms with van der Waals surface area (Å²) in [7, 11) is 0. The van der Waals surface area contributed by atoms with Gasteiger partial charge >= 0.3 is 23.9 Å². The van der Waals surface area contributed by atoms with Gasteiger partial charge in [-0.3, -0.25) is 23.7 Å². The lowest BCUT2D eigenvalue weighted by Crippen LogP contribution is -2.60. The van der Waals surface area contributed by atoms with Gasteiger partial charge in [0.15, 0.2) is 29.7 Å². The Hall–Kier alpha value is -2.58. The van der Waals surface area contributed by atoms with E-state index in [4.69, 9.17) is 35.9 Å². The monoisotopic (exact) mass is 489 g/mol. The normalized spacial score (nSPS) is 24.8. The molecule has 0 unspecified atom stereocenters. The lowest BCUT2D eigenvalue weighted by atomic mass is 9.97. The summed E-state index contributed by atoms with van der Waals surface area (Å²) < 4.78 is 28.5. The third-order valence-electron chi connectivity index (χ3n) is 4.13. The van der Waals surface area contributed by atoms with Crippen molar-refractivity contribution in [3.8, 4) is 0 Å². The maximum Gasteiger partial charge on any atom is 0.303 e. The van der Waals surface area contributed by atoms with E-state index >= 15 is 0 Å². The summed E-state index contributed by atoms with van der Waals surface area (Å²) in [5.41, 5.74) is 0. The summed E-state index contributed by atoms with van der Waals surface area (Å²) >= 11 is 6.59. The molecule has 2 heterocycles.